The van der Waals surface area contributed by atoms with Gasteiger partial charge in [0.25, 0.3) is 0 Å². The Bertz CT molecular complexity index is 304. The summed E-state index contributed by atoms with van der Waals surface area (Å²) >= 11 is 0. The molecule has 2 rings (SSSR count). The number of likely N-dealkylation sites (tertiary alicyclic amines) is 1. The van der Waals surface area contributed by atoms with Crippen molar-refractivity contribution < 1.29 is 19.4 Å². The van der Waals surface area contributed by atoms with Crippen LogP contribution in [0.15, 0.2) is 0 Å². The fourth-order valence-electron chi connectivity index (χ4n) is 3.31. The molecule has 0 aromatic rings. The lowest BCUT2D eigenvalue weighted by atomic mass is 9.76. The number of carboxylic acid groups (broad SMARTS) is 1. The van der Waals surface area contributed by atoms with Crippen LogP contribution in [0.2, 0.25) is 0 Å². The van der Waals surface area contributed by atoms with Gasteiger partial charge < -0.3 is 14.6 Å². The first-order chi connectivity index (χ1) is 9.18. The molecule has 0 bridgehead atoms. The Morgan fingerprint density at radius 2 is 2.21 bits per heavy atom. The SMILES string of the molecule is COCC[C@]1(C(=O)O)CCCN(C2CCOCC2)C1. The number of piperidine rings is 1. The van der Waals surface area contributed by atoms with Crippen LogP contribution in [0.1, 0.15) is 32.1 Å². The highest BCUT2D eigenvalue weighted by Crippen LogP contribution is 2.35. The summed E-state index contributed by atoms with van der Waals surface area (Å²) < 4.78 is 10.5. The van der Waals surface area contributed by atoms with Gasteiger partial charge in [0, 0.05) is 39.5 Å². The number of carboxylic acids is 1. The van der Waals surface area contributed by atoms with E-state index in [0.29, 0.717) is 25.6 Å². The van der Waals surface area contributed by atoms with Crippen molar-refractivity contribution in [1.29, 1.82) is 0 Å². The van der Waals surface area contributed by atoms with Crippen LogP contribution in [0.5, 0.6) is 0 Å². The molecule has 1 N–H and O–H groups in total. The normalized spacial score (nSPS) is 30.4. The minimum Gasteiger partial charge on any atom is -0.481 e. The van der Waals surface area contributed by atoms with Crippen LogP contribution in [0.25, 0.3) is 0 Å². The summed E-state index contributed by atoms with van der Waals surface area (Å²) in [5, 5.41) is 9.62. The third-order valence-corrected chi connectivity index (χ3v) is 4.55. The molecule has 0 aromatic heterocycles. The molecule has 2 aliphatic rings. The number of hydrogen-bond acceptors (Lipinski definition) is 4. The van der Waals surface area contributed by atoms with Crippen molar-refractivity contribution in [2.45, 2.75) is 38.1 Å². The van der Waals surface area contributed by atoms with Crippen LogP contribution in [0.3, 0.4) is 0 Å². The average Bonchev–Trinajstić information content (AvgIpc) is 2.46. The van der Waals surface area contributed by atoms with E-state index in [2.05, 4.69) is 4.90 Å². The van der Waals surface area contributed by atoms with Gasteiger partial charge in [-0.25, -0.2) is 0 Å². The topological polar surface area (TPSA) is 59.0 Å². The third kappa shape index (κ3) is 3.46. The highest BCUT2D eigenvalue weighted by atomic mass is 16.5. The molecule has 0 saturated carbocycles. The van der Waals surface area contributed by atoms with Gasteiger partial charge in [-0.2, -0.15) is 0 Å². The Morgan fingerprint density at radius 1 is 1.47 bits per heavy atom. The minimum atomic E-state index is -0.665. The zero-order chi connectivity index (χ0) is 13.7. The Balaban J connectivity index is 2.01. The van der Waals surface area contributed by atoms with Crippen molar-refractivity contribution in [3.63, 3.8) is 0 Å². The van der Waals surface area contributed by atoms with E-state index in [0.717, 1.165) is 45.4 Å². The molecule has 0 spiro atoms. The van der Waals surface area contributed by atoms with Crippen LogP contribution in [0, 0.1) is 5.41 Å². The zero-order valence-electron chi connectivity index (χ0n) is 11.8. The van der Waals surface area contributed by atoms with E-state index < -0.39 is 11.4 Å². The lowest BCUT2D eigenvalue weighted by Gasteiger charge is -2.44. The Morgan fingerprint density at radius 3 is 2.84 bits per heavy atom. The molecule has 1 atom stereocenters. The number of carbonyl (C=O) groups is 1. The van der Waals surface area contributed by atoms with Crippen LogP contribution in [0.4, 0.5) is 0 Å². The molecule has 5 nitrogen and oxygen atoms in total. The lowest BCUT2D eigenvalue weighted by Crippen LogP contribution is -2.52. The van der Waals surface area contributed by atoms with Crippen LogP contribution in [-0.2, 0) is 14.3 Å². The Kier molecular flexibility index (Phi) is 5.19. The monoisotopic (exact) mass is 271 g/mol. The zero-order valence-corrected chi connectivity index (χ0v) is 11.8. The van der Waals surface area contributed by atoms with E-state index in [9.17, 15) is 9.90 Å². The molecule has 0 aliphatic carbocycles. The molecular weight excluding hydrogens is 246 g/mol. The average molecular weight is 271 g/mol. The molecule has 110 valence electrons. The van der Waals surface area contributed by atoms with Crippen molar-refractivity contribution >= 4 is 5.97 Å². The first kappa shape index (κ1) is 14.8. The standard InChI is InChI=1S/C14H25NO4/c1-18-10-6-14(13(16)17)5-2-7-15(11-14)12-3-8-19-9-4-12/h12H,2-11H2,1H3,(H,16,17)/t14-/m1/s1. The predicted octanol–water partition coefficient (Wildman–Crippen LogP) is 1.37. The fourth-order valence-corrected chi connectivity index (χ4v) is 3.31. The molecule has 0 unspecified atom stereocenters. The van der Waals surface area contributed by atoms with Gasteiger partial charge >= 0.3 is 5.97 Å². The van der Waals surface area contributed by atoms with Gasteiger partial charge in [0.05, 0.1) is 5.41 Å². The molecule has 5 heteroatoms. The van der Waals surface area contributed by atoms with E-state index in [4.69, 9.17) is 9.47 Å². The Hall–Kier alpha value is -0.650. The van der Waals surface area contributed by atoms with Crippen molar-refractivity contribution in [2.75, 3.05) is 40.0 Å². The smallest absolute Gasteiger partial charge is 0.311 e. The molecule has 2 heterocycles. The maximum Gasteiger partial charge on any atom is 0.311 e. The van der Waals surface area contributed by atoms with Gasteiger partial charge in [-0.3, -0.25) is 9.69 Å². The van der Waals surface area contributed by atoms with Crippen molar-refractivity contribution in [3.05, 3.63) is 0 Å². The minimum absolute atomic E-state index is 0.496. The maximum absolute atomic E-state index is 11.7. The number of nitrogens with zero attached hydrogens (tertiary/aromatic N) is 1. The summed E-state index contributed by atoms with van der Waals surface area (Å²) in [4.78, 5) is 14.1. The number of aliphatic carboxylic acids is 1. The molecular formula is C14H25NO4. The van der Waals surface area contributed by atoms with Crippen molar-refractivity contribution in [1.82, 2.24) is 4.90 Å². The molecule has 0 aromatic carbocycles. The second kappa shape index (κ2) is 6.68. The molecule has 2 aliphatic heterocycles. The summed E-state index contributed by atoms with van der Waals surface area (Å²) in [6.07, 6.45) is 4.40. The summed E-state index contributed by atoms with van der Waals surface area (Å²) in [6, 6.07) is 0.496. The molecule has 2 fully saturated rings. The van der Waals surface area contributed by atoms with Gasteiger partial charge in [-0.1, -0.05) is 0 Å². The second-order valence-corrected chi connectivity index (χ2v) is 5.75. The molecule has 19 heavy (non-hydrogen) atoms. The van der Waals surface area contributed by atoms with Crippen molar-refractivity contribution in [2.24, 2.45) is 5.41 Å². The summed E-state index contributed by atoms with van der Waals surface area (Å²) in [5.74, 6) is -0.665. The van der Waals surface area contributed by atoms with Gasteiger partial charge in [-0.15, -0.1) is 0 Å². The fraction of sp³-hybridized carbons (Fsp3) is 0.929. The van der Waals surface area contributed by atoms with Crippen LogP contribution in [-0.4, -0.2) is 62.0 Å². The maximum atomic E-state index is 11.7. The Labute approximate surface area is 114 Å². The number of methoxy groups -OCH3 is 1. The van der Waals surface area contributed by atoms with E-state index in [1.165, 1.54) is 0 Å². The summed E-state index contributed by atoms with van der Waals surface area (Å²) in [7, 11) is 1.63. The largest absolute Gasteiger partial charge is 0.481 e. The van der Waals surface area contributed by atoms with Crippen LogP contribution < -0.4 is 0 Å². The quantitative estimate of drug-likeness (QED) is 0.818. The number of rotatable bonds is 5. The van der Waals surface area contributed by atoms with Gasteiger partial charge in [-0.05, 0) is 38.6 Å². The lowest BCUT2D eigenvalue weighted by molar-refractivity contribution is -0.155. The van der Waals surface area contributed by atoms with E-state index >= 15 is 0 Å². The first-order valence-electron chi connectivity index (χ1n) is 7.22. The second-order valence-electron chi connectivity index (χ2n) is 5.75. The van der Waals surface area contributed by atoms with Gasteiger partial charge in [0.2, 0.25) is 0 Å². The van der Waals surface area contributed by atoms with E-state index in [1.807, 2.05) is 0 Å². The number of hydrogen-bond donors (Lipinski definition) is 1. The predicted molar refractivity (Wildman–Crippen MR) is 71.2 cm³/mol. The highest BCUT2D eigenvalue weighted by Gasteiger charge is 2.43. The first-order valence-corrected chi connectivity index (χ1v) is 7.22. The van der Waals surface area contributed by atoms with Gasteiger partial charge in [0.1, 0.15) is 0 Å². The highest BCUT2D eigenvalue weighted by molar-refractivity contribution is 5.75. The van der Waals surface area contributed by atoms with Crippen LogP contribution >= 0.6 is 0 Å². The summed E-state index contributed by atoms with van der Waals surface area (Å²) in [6.45, 7) is 3.82. The molecule has 2 saturated heterocycles. The molecule has 0 amide bonds. The summed E-state index contributed by atoms with van der Waals surface area (Å²) in [5.41, 5.74) is -0.618. The van der Waals surface area contributed by atoms with Crippen molar-refractivity contribution in [3.8, 4) is 0 Å². The third-order valence-electron chi connectivity index (χ3n) is 4.55. The number of ether oxygens (including phenoxy) is 2. The van der Waals surface area contributed by atoms with E-state index in [-0.39, 0.29) is 0 Å². The van der Waals surface area contributed by atoms with E-state index in [1.54, 1.807) is 7.11 Å². The van der Waals surface area contributed by atoms with Gasteiger partial charge in [0.15, 0.2) is 0 Å². The molecule has 0 radical (unpaired) electrons.